The molecule has 9 nitrogen and oxygen atoms in total. The van der Waals surface area contributed by atoms with Gasteiger partial charge in [-0.3, -0.25) is 14.7 Å². The molecular weight excluding hydrogens is 497 g/mol. The largest absolute Gasteiger partial charge is 0.490 e. The summed E-state index contributed by atoms with van der Waals surface area (Å²) in [4.78, 5) is 32.1. The lowest BCUT2D eigenvalue weighted by Crippen LogP contribution is -2.51. The van der Waals surface area contributed by atoms with Crippen molar-refractivity contribution in [1.29, 1.82) is 0 Å². The molecule has 0 atom stereocenters. The van der Waals surface area contributed by atoms with Crippen LogP contribution in [0.5, 0.6) is 5.75 Å². The maximum Gasteiger partial charge on any atom is 0.270 e. The van der Waals surface area contributed by atoms with Crippen LogP contribution >= 0.6 is 11.6 Å². The molecule has 0 spiro atoms. The number of para-hydroxylation sites is 1. The number of amides is 1. The van der Waals surface area contributed by atoms with Crippen molar-refractivity contribution >= 4 is 46.6 Å². The molecule has 0 saturated carbocycles. The molecule has 3 aliphatic heterocycles. The van der Waals surface area contributed by atoms with E-state index < -0.39 is 11.7 Å². The molecule has 1 N–H and O–H groups in total. The Labute approximate surface area is 218 Å². The summed E-state index contributed by atoms with van der Waals surface area (Å²) in [6.45, 7) is 3.02. The Morgan fingerprint density at radius 1 is 1.11 bits per heavy atom. The standard InChI is InChI=1S/C26H25ClFN7O2/c1-33-12-9-18(10-13-33)37-17-7-5-16(6-8-17)31-25-30-15-19-23(32-25)34-14-11-29-26(34)35(24(19)36)22-20(27)3-2-4-21(22)28/h2-8,15,18H,9-14H2,1H3,(H,30,31,32). The van der Waals surface area contributed by atoms with Crippen molar-refractivity contribution in [2.24, 2.45) is 4.99 Å². The van der Waals surface area contributed by atoms with E-state index in [1.54, 1.807) is 4.90 Å². The highest BCUT2D eigenvalue weighted by molar-refractivity contribution is 6.38. The summed E-state index contributed by atoms with van der Waals surface area (Å²) >= 11 is 6.27. The number of fused-ring (bicyclic) bond motifs is 3. The van der Waals surface area contributed by atoms with E-state index in [2.05, 4.69) is 32.2 Å². The summed E-state index contributed by atoms with van der Waals surface area (Å²) in [5, 5.41) is 3.31. The van der Waals surface area contributed by atoms with E-state index in [1.807, 2.05) is 24.3 Å². The molecule has 1 saturated heterocycles. The molecule has 6 rings (SSSR count). The van der Waals surface area contributed by atoms with Crippen LogP contribution in [0.2, 0.25) is 5.02 Å². The number of nitrogens with zero attached hydrogens (tertiary/aromatic N) is 6. The Morgan fingerprint density at radius 3 is 2.65 bits per heavy atom. The summed E-state index contributed by atoms with van der Waals surface area (Å²) in [6.07, 6.45) is 3.70. The van der Waals surface area contributed by atoms with Crippen LogP contribution in [0.3, 0.4) is 0 Å². The number of carbonyl (C=O) groups excluding carboxylic acids is 1. The summed E-state index contributed by atoms with van der Waals surface area (Å²) in [6, 6.07) is 11.9. The predicted octanol–water partition coefficient (Wildman–Crippen LogP) is 4.32. The number of likely N-dealkylation sites (tertiary alicyclic amines) is 1. The first-order chi connectivity index (χ1) is 18.0. The van der Waals surface area contributed by atoms with Gasteiger partial charge < -0.3 is 15.0 Å². The molecule has 0 unspecified atom stereocenters. The van der Waals surface area contributed by atoms with Crippen LogP contribution < -0.4 is 19.9 Å². The molecule has 2 aromatic carbocycles. The number of carbonyl (C=O) groups is 1. The van der Waals surface area contributed by atoms with Gasteiger partial charge in [0.1, 0.15) is 28.9 Å². The van der Waals surface area contributed by atoms with Gasteiger partial charge in [-0.25, -0.2) is 14.3 Å². The first-order valence-corrected chi connectivity index (χ1v) is 12.6. The molecule has 4 heterocycles. The number of nitrogens with one attached hydrogen (secondary N) is 1. The van der Waals surface area contributed by atoms with Gasteiger partial charge in [0.2, 0.25) is 11.9 Å². The van der Waals surface area contributed by atoms with Crippen molar-refractivity contribution in [2.75, 3.05) is 48.3 Å². The summed E-state index contributed by atoms with van der Waals surface area (Å²) in [5.74, 6) is 0.775. The number of hydrogen-bond acceptors (Lipinski definition) is 8. The normalized spacial score (nSPS) is 17.9. The SMILES string of the molecule is CN1CCC(Oc2ccc(Nc3ncc4c(n3)N3CCN=C3N(c3c(F)cccc3Cl)C4=O)cc2)CC1. The van der Waals surface area contributed by atoms with E-state index in [-0.39, 0.29) is 22.4 Å². The van der Waals surface area contributed by atoms with E-state index in [9.17, 15) is 9.18 Å². The number of benzene rings is 2. The lowest BCUT2D eigenvalue weighted by atomic mass is 10.1. The maximum absolute atomic E-state index is 14.7. The van der Waals surface area contributed by atoms with Gasteiger partial charge in [0.15, 0.2) is 5.82 Å². The lowest BCUT2D eigenvalue weighted by Gasteiger charge is -2.35. The Balaban J connectivity index is 1.22. The van der Waals surface area contributed by atoms with Crippen LogP contribution in [-0.4, -0.2) is 66.1 Å². The van der Waals surface area contributed by atoms with Crippen molar-refractivity contribution in [3.8, 4) is 5.75 Å². The molecular formula is C26H25ClFN7O2. The van der Waals surface area contributed by atoms with Gasteiger partial charge in [0.25, 0.3) is 5.91 Å². The topological polar surface area (TPSA) is 86.2 Å². The van der Waals surface area contributed by atoms with Crippen LogP contribution in [0, 0.1) is 5.82 Å². The summed E-state index contributed by atoms with van der Waals surface area (Å²) < 4.78 is 20.8. The van der Waals surface area contributed by atoms with Crippen molar-refractivity contribution in [2.45, 2.75) is 18.9 Å². The molecule has 37 heavy (non-hydrogen) atoms. The van der Waals surface area contributed by atoms with E-state index in [0.717, 1.165) is 37.4 Å². The Morgan fingerprint density at radius 2 is 1.89 bits per heavy atom. The second-order valence-electron chi connectivity index (χ2n) is 9.24. The third kappa shape index (κ3) is 4.47. The molecule has 190 valence electrons. The average molecular weight is 522 g/mol. The van der Waals surface area contributed by atoms with Crippen LogP contribution in [0.1, 0.15) is 23.2 Å². The van der Waals surface area contributed by atoms with Gasteiger partial charge in [0.05, 0.1) is 11.6 Å². The zero-order chi connectivity index (χ0) is 25.5. The van der Waals surface area contributed by atoms with Gasteiger partial charge in [0, 0.05) is 31.5 Å². The number of anilines is 4. The van der Waals surface area contributed by atoms with Gasteiger partial charge in [-0.1, -0.05) is 17.7 Å². The van der Waals surface area contributed by atoms with Crippen LogP contribution in [0.4, 0.5) is 27.5 Å². The first kappa shape index (κ1) is 23.6. The molecule has 3 aliphatic rings. The second-order valence-corrected chi connectivity index (χ2v) is 9.65. The molecule has 1 amide bonds. The first-order valence-electron chi connectivity index (χ1n) is 12.2. The molecule has 0 aliphatic carbocycles. The number of aliphatic imine (C=N–C) groups is 1. The Bertz CT molecular complexity index is 1360. The number of rotatable bonds is 5. The number of piperidine rings is 1. The van der Waals surface area contributed by atoms with Crippen molar-refractivity contribution in [3.63, 3.8) is 0 Å². The van der Waals surface area contributed by atoms with Gasteiger partial charge in [-0.05, 0) is 56.3 Å². The average Bonchev–Trinajstić information content (AvgIpc) is 3.38. The van der Waals surface area contributed by atoms with E-state index in [0.29, 0.717) is 30.8 Å². The van der Waals surface area contributed by atoms with Crippen molar-refractivity contribution < 1.29 is 13.9 Å². The zero-order valence-electron chi connectivity index (χ0n) is 20.2. The molecule has 1 aromatic heterocycles. The predicted molar refractivity (Wildman–Crippen MR) is 141 cm³/mol. The monoisotopic (exact) mass is 521 g/mol. The van der Waals surface area contributed by atoms with Crippen molar-refractivity contribution in [3.05, 3.63) is 65.1 Å². The van der Waals surface area contributed by atoms with Crippen LogP contribution in [0.15, 0.2) is 53.7 Å². The van der Waals surface area contributed by atoms with Crippen molar-refractivity contribution in [1.82, 2.24) is 14.9 Å². The highest BCUT2D eigenvalue weighted by Crippen LogP contribution is 2.37. The number of hydrogen-bond donors (Lipinski definition) is 1. The molecule has 11 heteroatoms. The lowest BCUT2D eigenvalue weighted by molar-refractivity contribution is 0.0999. The highest BCUT2D eigenvalue weighted by atomic mass is 35.5. The number of halogens is 2. The number of ether oxygens (including phenoxy) is 1. The number of aromatic nitrogens is 2. The van der Waals surface area contributed by atoms with E-state index in [1.165, 1.54) is 29.3 Å². The fourth-order valence-corrected chi connectivity index (χ4v) is 5.02. The zero-order valence-corrected chi connectivity index (χ0v) is 21.0. The quantitative estimate of drug-likeness (QED) is 0.535. The smallest absolute Gasteiger partial charge is 0.270 e. The third-order valence-electron chi connectivity index (χ3n) is 6.72. The summed E-state index contributed by atoms with van der Waals surface area (Å²) in [5.41, 5.74) is 0.996. The van der Waals surface area contributed by atoms with Gasteiger partial charge in [-0.15, -0.1) is 0 Å². The molecule has 0 bridgehead atoms. The molecule has 0 radical (unpaired) electrons. The highest BCUT2D eigenvalue weighted by Gasteiger charge is 2.41. The van der Waals surface area contributed by atoms with Gasteiger partial charge >= 0.3 is 0 Å². The Hall–Kier alpha value is -3.76. The molecule has 1 fully saturated rings. The van der Waals surface area contributed by atoms with E-state index in [4.69, 9.17) is 16.3 Å². The third-order valence-corrected chi connectivity index (χ3v) is 7.02. The van der Waals surface area contributed by atoms with Gasteiger partial charge in [-0.2, -0.15) is 4.98 Å². The maximum atomic E-state index is 14.7. The summed E-state index contributed by atoms with van der Waals surface area (Å²) in [7, 11) is 2.13. The second kappa shape index (κ2) is 9.60. The van der Waals surface area contributed by atoms with E-state index >= 15 is 0 Å². The van der Waals surface area contributed by atoms with Crippen LogP contribution in [0.25, 0.3) is 0 Å². The minimum absolute atomic E-state index is 0.0322. The fraction of sp³-hybridized carbons (Fsp3) is 0.308. The molecule has 3 aromatic rings. The minimum Gasteiger partial charge on any atom is -0.490 e. The van der Waals surface area contributed by atoms with Crippen LogP contribution in [-0.2, 0) is 0 Å². The minimum atomic E-state index is -0.610. The number of guanidine groups is 1. The fourth-order valence-electron chi connectivity index (χ4n) is 4.77. The Kier molecular flexibility index (Phi) is 6.13.